The monoisotopic (exact) mass is 418 g/mol. The Labute approximate surface area is 166 Å². The Hall–Kier alpha value is -3.22. The average molecular weight is 418 g/mol. The highest BCUT2D eigenvalue weighted by Crippen LogP contribution is 2.04. The minimum Gasteiger partial charge on any atom is -0.481 e. The molecule has 0 saturated heterocycles. The van der Waals surface area contributed by atoms with Crippen molar-refractivity contribution in [3.63, 3.8) is 0 Å². The normalized spacial score (nSPS) is 14.6. The summed E-state index contributed by atoms with van der Waals surface area (Å²) < 4.78 is 0. The van der Waals surface area contributed by atoms with E-state index in [1.54, 1.807) is 0 Å². The van der Waals surface area contributed by atoms with Gasteiger partial charge in [-0.15, -0.1) is 0 Å². The maximum atomic E-state index is 12.5. The molecule has 0 aromatic rings. The van der Waals surface area contributed by atoms with Gasteiger partial charge in [0.15, 0.2) is 0 Å². The predicted molar refractivity (Wildman–Crippen MR) is 96.5 cm³/mol. The van der Waals surface area contributed by atoms with Crippen molar-refractivity contribution < 1.29 is 44.1 Å². The molecule has 0 fully saturated rings. The van der Waals surface area contributed by atoms with Crippen LogP contribution >= 0.6 is 0 Å². The molecule has 0 rings (SSSR count). The summed E-state index contributed by atoms with van der Waals surface area (Å²) in [6.45, 7) is 2.52. The zero-order valence-corrected chi connectivity index (χ0v) is 16.0. The van der Waals surface area contributed by atoms with E-state index in [1.165, 1.54) is 13.8 Å². The minimum absolute atomic E-state index is 0.307. The summed E-state index contributed by atoms with van der Waals surface area (Å²) in [4.78, 5) is 69.0. The summed E-state index contributed by atoms with van der Waals surface area (Å²) in [5.41, 5.74) is 5.41. The number of hydrogen-bond acceptors (Lipinski definition) is 7. The third-order valence-corrected chi connectivity index (χ3v) is 3.70. The van der Waals surface area contributed by atoms with E-state index in [-0.39, 0.29) is 12.8 Å². The first-order valence-corrected chi connectivity index (χ1v) is 8.68. The van der Waals surface area contributed by atoms with E-state index in [0.29, 0.717) is 0 Å². The van der Waals surface area contributed by atoms with Gasteiger partial charge in [0.1, 0.15) is 18.1 Å². The third kappa shape index (κ3) is 10.6. The van der Waals surface area contributed by atoms with E-state index in [1.807, 2.05) is 0 Å². The van der Waals surface area contributed by atoms with Gasteiger partial charge in [-0.3, -0.25) is 28.8 Å². The molecule has 0 saturated carbocycles. The molecule has 0 aliphatic rings. The Morgan fingerprint density at radius 1 is 0.724 bits per heavy atom. The molecule has 0 bridgehead atoms. The van der Waals surface area contributed by atoms with Crippen LogP contribution in [-0.4, -0.2) is 75.1 Å². The van der Waals surface area contributed by atoms with E-state index >= 15 is 0 Å². The Morgan fingerprint density at radius 2 is 1.10 bits per heavy atom. The van der Waals surface area contributed by atoms with Gasteiger partial charge in [0.2, 0.25) is 17.7 Å². The van der Waals surface area contributed by atoms with Gasteiger partial charge in [-0.2, -0.15) is 0 Å². The lowest BCUT2D eigenvalue weighted by Gasteiger charge is -2.24. The van der Waals surface area contributed by atoms with Crippen molar-refractivity contribution in [3.8, 4) is 0 Å². The highest BCUT2D eigenvalue weighted by Gasteiger charge is 2.29. The maximum absolute atomic E-state index is 12.5. The highest BCUT2D eigenvalue weighted by atomic mass is 16.4. The number of amides is 3. The molecule has 0 aromatic carbocycles. The molecule has 3 amide bonds. The van der Waals surface area contributed by atoms with Crippen molar-refractivity contribution >= 4 is 35.6 Å². The number of carboxylic acid groups (broad SMARTS) is 3. The summed E-state index contributed by atoms with van der Waals surface area (Å²) in [6.07, 6.45) is -1.64. The number of carbonyl (C=O) groups excluding carboxylic acids is 3. The second-order valence-corrected chi connectivity index (χ2v) is 6.34. The number of nitrogens with one attached hydrogen (secondary N) is 3. The molecule has 4 atom stereocenters. The molecule has 4 unspecified atom stereocenters. The van der Waals surface area contributed by atoms with Crippen molar-refractivity contribution in [1.29, 1.82) is 0 Å². The summed E-state index contributed by atoms with van der Waals surface area (Å²) in [6, 6.07) is -5.05. The molecule has 8 N–H and O–H groups in total. The van der Waals surface area contributed by atoms with Crippen LogP contribution in [0.3, 0.4) is 0 Å². The number of nitrogens with two attached hydrogens (primary N) is 1. The van der Waals surface area contributed by atoms with Crippen molar-refractivity contribution in [1.82, 2.24) is 16.0 Å². The molecule has 0 aromatic heterocycles. The van der Waals surface area contributed by atoms with Gasteiger partial charge in [-0.1, -0.05) is 0 Å². The zero-order valence-electron chi connectivity index (χ0n) is 16.0. The van der Waals surface area contributed by atoms with Crippen LogP contribution in [0.15, 0.2) is 0 Å². The second-order valence-electron chi connectivity index (χ2n) is 6.34. The van der Waals surface area contributed by atoms with Crippen molar-refractivity contribution in [3.05, 3.63) is 0 Å². The van der Waals surface area contributed by atoms with Gasteiger partial charge < -0.3 is 37.0 Å². The molecule has 0 heterocycles. The number of carbonyl (C=O) groups is 6. The van der Waals surface area contributed by atoms with E-state index in [2.05, 4.69) is 16.0 Å². The first kappa shape index (κ1) is 25.8. The first-order valence-electron chi connectivity index (χ1n) is 8.68. The fourth-order valence-corrected chi connectivity index (χ4v) is 2.02. The van der Waals surface area contributed by atoms with E-state index in [4.69, 9.17) is 21.1 Å². The fraction of sp³-hybridized carbons (Fsp3) is 0.625. The molecule has 29 heavy (non-hydrogen) atoms. The van der Waals surface area contributed by atoms with Crippen LogP contribution in [0.2, 0.25) is 0 Å². The van der Waals surface area contributed by atoms with E-state index in [0.717, 1.165) is 0 Å². The lowest BCUT2D eigenvalue weighted by molar-refractivity contribution is -0.142. The van der Waals surface area contributed by atoms with E-state index in [9.17, 15) is 28.8 Å². The van der Waals surface area contributed by atoms with Gasteiger partial charge >= 0.3 is 17.9 Å². The standard InChI is InChI=1S/C16H26N4O9/c1-7(17)13(25)19-10(4-6-12(23)24)15(27)20-9(3-5-11(21)22)14(26)18-8(2)16(28)29/h7-10H,3-6,17H2,1-2H3,(H,18,26)(H,19,25)(H,20,27)(H,21,22)(H,23,24)(H,28,29). The van der Waals surface area contributed by atoms with Crippen LogP contribution in [0, 0.1) is 0 Å². The highest BCUT2D eigenvalue weighted by molar-refractivity contribution is 5.94. The number of rotatable bonds is 13. The van der Waals surface area contributed by atoms with Crippen LogP contribution in [0.1, 0.15) is 39.5 Å². The molecule has 0 radical (unpaired) electrons. The number of aliphatic carboxylic acids is 3. The minimum atomic E-state index is -1.42. The van der Waals surface area contributed by atoms with Crippen LogP contribution in [-0.2, 0) is 28.8 Å². The van der Waals surface area contributed by atoms with Gasteiger partial charge in [0, 0.05) is 12.8 Å². The molecule has 0 aliphatic carbocycles. The van der Waals surface area contributed by atoms with Gasteiger partial charge in [0.05, 0.1) is 6.04 Å². The number of hydrogen-bond donors (Lipinski definition) is 7. The van der Waals surface area contributed by atoms with Gasteiger partial charge in [-0.25, -0.2) is 0 Å². The molecular formula is C16H26N4O9. The molecule has 0 spiro atoms. The predicted octanol–water partition coefficient (Wildman–Crippen LogP) is -2.38. The van der Waals surface area contributed by atoms with Crippen molar-refractivity contribution in [2.24, 2.45) is 5.73 Å². The Kier molecular flexibility index (Phi) is 10.9. The summed E-state index contributed by atoms with van der Waals surface area (Å²) in [5, 5.41) is 33.1. The SMILES string of the molecule is CC(N)C(=O)NC(CCC(=O)O)C(=O)NC(CCC(=O)O)C(=O)NC(C)C(=O)O. The van der Waals surface area contributed by atoms with Crippen LogP contribution in [0.5, 0.6) is 0 Å². The smallest absolute Gasteiger partial charge is 0.325 e. The van der Waals surface area contributed by atoms with Crippen molar-refractivity contribution in [2.75, 3.05) is 0 Å². The molecule has 13 nitrogen and oxygen atoms in total. The molecular weight excluding hydrogens is 392 g/mol. The first-order chi connectivity index (χ1) is 13.3. The summed E-state index contributed by atoms with van der Waals surface area (Å²) >= 11 is 0. The zero-order chi connectivity index (χ0) is 22.7. The van der Waals surface area contributed by atoms with Crippen LogP contribution in [0.25, 0.3) is 0 Å². The second kappa shape index (κ2) is 12.3. The lowest BCUT2D eigenvalue weighted by atomic mass is 10.1. The molecule has 13 heteroatoms. The Balaban J connectivity index is 5.36. The fourth-order valence-electron chi connectivity index (χ4n) is 2.02. The lowest BCUT2D eigenvalue weighted by Crippen LogP contribution is -2.56. The van der Waals surface area contributed by atoms with Crippen LogP contribution < -0.4 is 21.7 Å². The largest absolute Gasteiger partial charge is 0.481 e. The number of carboxylic acids is 3. The van der Waals surface area contributed by atoms with Crippen LogP contribution in [0.4, 0.5) is 0 Å². The Bertz CT molecular complexity index is 650. The average Bonchev–Trinajstić information content (AvgIpc) is 2.60. The Morgan fingerprint density at radius 3 is 1.45 bits per heavy atom. The summed E-state index contributed by atoms with van der Waals surface area (Å²) in [7, 11) is 0. The van der Waals surface area contributed by atoms with E-state index < -0.39 is 72.6 Å². The van der Waals surface area contributed by atoms with Crippen molar-refractivity contribution in [2.45, 2.75) is 63.7 Å². The third-order valence-electron chi connectivity index (χ3n) is 3.70. The topological polar surface area (TPSA) is 225 Å². The molecule has 164 valence electrons. The quantitative estimate of drug-likeness (QED) is 0.168. The van der Waals surface area contributed by atoms with Gasteiger partial charge in [0.25, 0.3) is 0 Å². The maximum Gasteiger partial charge on any atom is 0.325 e. The van der Waals surface area contributed by atoms with Gasteiger partial charge in [-0.05, 0) is 26.7 Å². The molecule has 0 aliphatic heterocycles. The summed E-state index contributed by atoms with van der Waals surface area (Å²) in [5.74, 6) is -6.44.